The third-order valence-corrected chi connectivity index (χ3v) is 4.11. The van der Waals surface area contributed by atoms with E-state index in [9.17, 15) is 9.90 Å². The van der Waals surface area contributed by atoms with Crippen molar-refractivity contribution in [2.24, 2.45) is 0 Å². The number of carbonyl (C=O) groups excluding carboxylic acids is 1. The quantitative estimate of drug-likeness (QED) is 0.864. The number of nitrogens with one attached hydrogen (secondary N) is 1. The predicted octanol–water partition coefficient (Wildman–Crippen LogP) is 0.988. The molecule has 1 fully saturated rings. The Bertz CT molecular complexity index is 509. The van der Waals surface area contributed by atoms with Crippen molar-refractivity contribution in [1.29, 1.82) is 0 Å². The average molecular weight is 277 g/mol. The molecule has 0 aromatic heterocycles. The molecule has 0 radical (unpaired) electrons. The molecule has 108 valence electrons. The fourth-order valence-corrected chi connectivity index (χ4v) is 2.71. The minimum atomic E-state index is -0.551. The first kappa shape index (κ1) is 13.5. The molecule has 20 heavy (non-hydrogen) atoms. The summed E-state index contributed by atoms with van der Waals surface area (Å²) < 4.78 is 10.6. The molecule has 2 N–H and O–H groups in total. The molecule has 1 amide bonds. The first-order valence-electron chi connectivity index (χ1n) is 6.93. The average Bonchev–Trinajstić information content (AvgIpc) is 2.95. The van der Waals surface area contributed by atoms with Crippen molar-refractivity contribution >= 4 is 5.91 Å². The molecule has 3 rings (SSSR count). The molecule has 0 bridgehead atoms. The number of benzene rings is 1. The molecule has 0 spiro atoms. The van der Waals surface area contributed by atoms with Crippen LogP contribution in [0.25, 0.3) is 0 Å². The van der Waals surface area contributed by atoms with E-state index in [-0.39, 0.29) is 12.5 Å². The lowest BCUT2D eigenvalue weighted by molar-refractivity contribution is 0.0125. The van der Waals surface area contributed by atoms with Gasteiger partial charge >= 0.3 is 0 Å². The van der Waals surface area contributed by atoms with Gasteiger partial charge in [0.05, 0.1) is 25.4 Å². The zero-order chi connectivity index (χ0) is 14.0. The van der Waals surface area contributed by atoms with E-state index in [1.807, 2.05) is 18.2 Å². The Morgan fingerprint density at radius 2 is 1.95 bits per heavy atom. The monoisotopic (exact) mass is 277 g/mol. The lowest BCUT2D eigenvalue weighted by Crippen LogP contribution is -2.54. The summed E-state index contributed by atoms with van der Waals surface area (Å²) in [6.45, 7) is 2.26. The Morgan fingerprint density at radius 3 is 2.70 bits per heavy atom. The zero-order valence-corrected chi connectivity index (χ0v) is 11.4. The number of hydrogen-bond donors (Lipinski definition) is 2. The Kier molecular flexibility index (Phi) is 3.74. The van der Waals surface area contributed by atoms with Crippen molar-refractivity contribution in [3.63, 3.8) is 0 Å². The molecule has 5 nitrogen and oxygen atoms in total. The van der Waals surface area contributed by atoms with Gasteiger partial charge in [-0.25, -0.2) is 0 Å². The first-order chi connectivity index (χ1) is 9.72. The summed E-state index contributed by atoms with van der Waals surface area (Å²) in [5.74, 6) is -0.143. The SMILES string of the molecule is O=C(NC1(CO)CCOCC1)c1ccc2c(c1)COC2. The molecule has 0 aliphatic carbocycles. The molecule has 1 aromatic carbocycles. The van der Waals surface area contributed by atoms with Gasteiger partial charge in [-0.3, -0.25) is 4.79 Å². The largest absolute Gasteiger partial charge is 0.394 e. The molecule has 0 saturated carbocycles. The van der Waals surface area contributed by atoms with Crippen LogP contribution < -0.4 is 5.32 Å². The summed E-state index contributed by atoms with van der Waals surface area (Å²) in [6.07, 6.45) is 1.28. The van der Waals surface area contributed by atoms with E-state index in [2.05, 4.69) is 5.32 Å². The van der Waals surface area contributed by atoms with Gasteiger partial charge in [0.15, 0.2) is 0 Å². The highest BCUT2D eigenvalue weighted by atomic mass is 16.5. The van der Waals surface area contributed by atoms with Gasteiger partial charge in [-0.1, -0.05) is 6.07 Å². The summed E-state index contributed by atoms with van der Waals surface area (Å²) in [6, 6.07) is 5.63. The second kappa shape index (κ2) is 5.52. The molecule has 1 saturated heterocycles. The topological polar surface area (TPSA) is 67.8 Å². The summed E-state index contributed by atoms with van der Waals surface area (Å²) in [5, 5.41) is 12.6. The first-order valence-corrected chi connectivity index (χ1v) is 6.93. The Morgan fingerprint density at radius 1 is 1.20 bits per heavy atom. The normalized spacial score (nSPS) is 20.4. The maximum Gasteiger partial charge on any atom is 0.251 e. The van der Waals surface area contributed by atoms with Crippen LogP contribution in [0.1, 0.15) is 34.3 Å². The van der Waals surface area contributed by atoms with Gasteiger partial charge in [-0.05, 0) is 36.1 Å². The minimum absolute atomic E-state index is 0.0594. The third kappa shape index (κ3) is 2.57. The molecule has 2 aliphatic heterocycles. The van der Waals surface area contributed by atoms with E-state index in [1.54, 1.807) is 0 Å². The third-order valence-electron chi connectivity index (χ3n) is 4.11. The van der Waals surface area contributed by atoms with Gasteiger partial charge in [-0.2, -0.15) is 0 Å². The van der Waals surface area contributed by atoms with Gasteiger partial charge in [0, 0.05) is 18.8 Å². The van der Waals surface area contributed by atoms with E-state index < -0.39 is 5.54 Å². The maximum absolute atomic E-state index is 12.4. The smallest absolute Gasteiger partial charge is 0.251 e. The number of fused-ring (bicyclic) bond motifs is 1. The van der Waals surface area contributed by atoms with Crippen LogP contribution in [-0.4, -0.2) is 36.4 Å². The van der Waals surface area contributed by atoms with Crippen molar-refractivity contribution in [2.75, 3.05) is 19.8 Å². The fraction of sp³-hybridized carbons (Fsp3) is 0.533. The second-order valence-corrected chi connectivity index (χ2v) is 5.48. The van der Waals surface area contributed by atoms with Crippen LogP contribution in [-0.2, 0) is 22.7 Å². The van der Waals surface area contributed by atoms with Crippen LogP contribution >= 0.6 is 0 Å². The minimum Gasteiger partial charge on any atom is -0.394 e. The maximum atomic E-state index is 12.4. The molecule has 2 heterocycles. The number of carbonyl (C=O) groups is 1. The van der Waals surface area contributed by atoms with Crippen LogP contribution in [0.3, 0.4) is 0 Å². The van der Waals surface area contributed by atoms with Crippen molar-refractivity contribution in [1.82, 2.24) is 5.32 Å². The van der Waals surface area contributed by atoms with Crippen LogP contribution in [0.4, 0.5) is 0 Å². The van der Waals surface area contributed by atoms with Gasteiger partial charge in [0.25, 0.3) is 5.91 Å². The van der Waals surface area contributed by atoms with Crippen LogP contribution in [0.15, 0.2) is 18.2 Å². The Balaban J connectivity index is 1.75. The van der Waals surface area contributed by atoms with E-state index in [0.717, 1.165) is 11.1 Å². The molecule has 0 atom stereocenters. The molecular weight excluding hydrogens is 258 g/mol. The highest BCUT2D eigenvalue weighted by molar-refractivity contribution is 5.95. The van der Waals surface area contributed by atoms with E-state index in [1.165, 1.54) is 0 Å². The molecule has 1 aromatic rings. The molecular formula is C15H19NO4. The molecule has 0 unspecified atom stereocenters. The van der Waals surface area contributed by atoms with E-state index in [4.69, 9.17) is 9.47 Å². The van der Waals surface area contributed by atoms with E-state index >= 15 is 0 Å². The van der Waals surface area contributed by atoms with Crippen LogP contribution in [0, 0.1) is 0 Å². The summed E-state index contributed by atoms with van der Waals surface area (Å²) >= 11 is 0. The van der Waals surface area contributed by atoms with Crippen molar-refractivity contribution in [3.05, 3.63) is 34.9 Å². The number of aliphatic hydroxyl groups is 1. The Labute approximate surface area is 117 Å². The predicted molar refractivity (Wildman–Crippen MR) is 72.3 cm³/mol. The molecule has 2 aliphatic rings. The van der Waals surface area contributed by atoms with Crippen LogP contribution in [0.5, 0.6) is 0 Å². The highest BCUT2D eigenvalue weighted by Gasteiger charge is 2.33. The zero-order valence-electron chi connectivity index (χ0n) is 11.4. The number of amides is 1. The summed E-state index contributed by atoms with van der Waals surface area (Å²) in [4.78, 5) is 12.4. The van der Waals surface area contributed by atoms with Crippen molar-refractivity contribution in [3.8, 4) is 0 Å². The number of ether oxygens (including phenoxy) is 2. The van der Waals surface area contributed by atoms with E-state index in [0.29, 0.717) is 44.8 Å². The van der Waals surface area contributed by atoms with Crippen LogP contribution in [0.2, 0.25) is 0 Å². The second-order valence-electron chi connectivity index (χ2n) is 5.48. The lowest BCUT2D eigenvalue weighted by Gasteiger charge is -2.36. The van der Waals surface area contributed by atoms with Gasteiger partial charge in [0.2, 0.25) is 0 Å². The number of rotatable bonds is 3. The van der Waals surface area contributed by atoms with Gasteiger partial charge in [0.1, 0.15) is 0 Å². The Hall–Kier alpha value is -1.43. The highest BCUT2D eigenvalue weighted by Crippen LogP contribution is 2.23. The fourth-order valence-electron chi connectivity index (χ4n) is 2.71. The van der Waals surface area contributed by atoms with Crippen molar-refractivity contribution < 1.29 is 19.4 Å². The number of hydrogen-bond acceptors (Lipinski definition) is 4. The van der Waals surface area contributed by atoms with Crippen molar-refractivity contribution in [2.45, 2.75) is 31.6 Å². The molecule has 5 heteroatoms. The van der Waals surface area contributed by atoms with Gasteiger partial charge < -0.3 is 19.9 Å². The standard InChI is InChI=1S/C15H19NO4/c17-10-15(3-5-19-6-4-15)16-14(18)11-1-2-12-8-20-9-13(12)7-11/h1-2,7,17H,3-6,8-10H2,(H,16,18). The lowest BCUT2D eigenvalue weighted by atomic mass is 9.90. The van der Waals surface area contributed by atoms with Gasteiger partial charge in [-0.15, -0.1) is 0 Å². The summed E-state index contributed by atoms with van der Waals surface area (Å²) in [5.41, 5.74) is 2.28. The summed E-state index contributed by atoms with van der Waals surface area (Å²) in [7, 11) is 0. The number of aliphatic hydroxyl groups excluding tert-OH is 1.